The zero-order valence-corrected chi connectivity index (χ0v) is 88.2. The summed E-state index contributed by atoms with van der Waals surface area (Å²) in [6.07, 6.45) is 5.81. The molecule has 3 aromatic rings. The summed E-state index contributed by atoms with van der Waals surface area (Å²) < 4.78 is 77.7. The van der Waals surface area contributed by atoms with Gasteiger partial charge >= 0.3 is 107 Å². The molecular formula is C89H130O51S9. The number of epoxide rings is 6. The zero-order chi connectivity index (χ0) is 112. The molecule has 6 aliphatic heterocycles. The average Bonchev–Trinajstić information content (AvgIpc) is 1.83. The quantitative estimate of drug-likeness (QED) is 0.0142. The van der Waals surface area contributed by atoms with Crippen LogP contribution in [0.15, 0.2) is 72.8 Å². The van der Waals surface area contributed by atoms with Gasteiger partial charge < -0.3 is 163 Å². The van der Waals surface area contributed by atoms with E-state index in [0.717, 1.165) is 125 Å². The molecule has 6 atom stereocenters. The summed E-state index contributed by atoms with van der Waals surface area (Å²) in [6, 6.07) is 23.0. The molecule has 6 heterocycles. The highest BCUT2D eigenvalue weighted by atomic mass is 33.1. The fraction of sp³-hybridized carbons (Fsp3) is 0.596. The van der Waals surface area contributed by atoms with Gasteiger partial charge in [-0.25, -0.2) is 9.59 Å². The minimum absolute atomic E-state index is 0.0576. The number of thioether (sulfide) groups is 3. The zero-order valence-electron chi connectivity index (χ0n) is 80.8. The van der Waals surface area contributed by atoms with E-state index in [9.17, 15) is 86.3 Å². The fourth-order valence-corrected chi connectivity index (χ4v) is 15.7. The number of rotatable bonds is 74. The molecular weight excluding hydrogens is 2170 g/mol. The van der Waals surface area contributed by atoms with Crippen molar-refractivity contribution in [3.05, 3.63) is 72.8 Å². The summed E-state index contributed by atoms with van der Waals surface area (Å²) in [5, 5.41) is 147. The molecule has 6 unspecified atom stereocenters. The van der Waals surface area contributed by atoms with Gasteiger partial charge in [-0.05, 0) is 86.4 Å². The number of carboxylic acid groups (broad SMARTS) is 18. The van der Waals surface area contributed by atoms with Gasteiger partial charge in [-0.15, -0.1) is 11.8 Å². The van der Waals surface area contributed by atoms with Crippen LogP contribution < -0.4 is 28.4 Å². The van der Waals surface area contributed by atoms with Crippen molar-refractivity contribution < 1.29 is 249 Å². The van der Waals surface area contributed by atoms with Crippen molar-refractivity contribution in [2.75, 3.05) is 188 Å². The number of ether oxygens (including phenoxy) is 15. The maximum absolute atomic E-state index is 10.1. The standard InChI is InChI=1S/3C12H14O4.C8H14O5.C8H14O4S2.C7H12O4S.C6H10O5.C6H10O4S2.C6H10O4S.C4H6O5.C4H6O4S2.C4H6O4S/c1-2-10(14-6-12-8-16-12)4-3-9(1)13-5-11-7-15-11;1-2-9(13-5-11-7-15-11)4-10(3-1)14-6-12-8-16-12;1-2-4-12(16-8-10-6-14-10)11(3-1)15-7-9-5-13-9;9-7(10)3-1-5-13-6-2-4-8(11)12;9-7(10)3-1-5-13-14-6-2-4-8(11)12;8-6(9)2-1-4-12-5-3-7(10)11;7-5(8)1-3-11-4-2-6(9)10;7-5(8)1-3-11-12-4-2-6(9)10;7-5(8)1-3-11-4-2-6(9)10;5-3(6)1-9-2-4(7)8;5-3(6)1-9-10-2-4(7)8;5-3(6)1-9-2-4(7)8/h2*1-4,11-12H,5-8H2;1-4,9-10H,5-8H2;1-6H2,(H,9,10)(H,11,12);1-6H2,(H,9,10)(H,11,12);1-5H2,(H,8,9)(H,10,11);1-4H2,(H,7,8)(H,9,10);1-4H2,(H,7,8)(H,9,10);1-4H2,(H,7,8)(H,9,10);1-2H2,(H,5,6)(H,7,8);1-2H2,(H,5,6)(H,7,8);1-2H2,(H,5,6)(H,7,8). The van der Waals surface area contributed by atoms with Crippen molar-refractivity contribution in [1.82, 2.24) is 0 Å². The van der Waals surface area contributed by atoms with Gasteiger partial charge in [0.25, 0.3) is 0 Å². The van der Waals surface area contributed by atoms with Crippen molar-refractivity contribution in [3.8, 4) is 34.5 Å². The maximum atomic E-state index is 10.1. The Morgan fingerprint density at radius 3 is 0.745 bits per heavy atom. The predicted octanol–water partition coefficient (Wildman–Crippen LogP) is 9.15. The summed E-state index contributed by atoms with van der Waals surface area (Å²) >= 11 is 3.70. The third-order valence-electron chi connectivity index (χ3n) is 15.4. The molecule has 6 aliphatic rings. The number of carboxylic acids is 18. The lowest BCUT2D eigenvalue weighted by Gasteiger charge is -2.10. The van der Waals surface area contributed by atoms with Crippen molar-refractivity contribution in [1.29, 1.82) is 0 Å². The maximum Gasteiger partial charge on any atom is 0.329 e. The second-order valence-electron chi connectivity index (χ2n) is 29.1. The van der Waals surface area contributed by atoms with Crippen LogP contribution in [0, 0.1) is 0 Å². The first kappa shape index (κ1) is 143. The van der Waals surface area contributed by atoms with E-state index >= 15 is 0 Å². The molecule has 0 aliphatic carbocycles. The van der Waals surface area contributed by atoms with E-state index in [1.165, 1.54) is 45.1 Å². The highest BCUT2D eigenvalue weighted by Gasteiger charge is 2.28. The fourth-order valence-electron chi connectivity index (χ4n) is 7.96. The number of benzene rings is 3. The summed E-state index contributed by atoms with van der Waals surface area (Å²) in [7, 11) is 8.06. The van der Waals surface area contributed by atoms with Gasteiger partial charge in [-0.1, -0.05) is 83.0 Å². The van der Waals surface area contributed by atoms with Crippen molar-refractivity contribution in [2.45, 2.75) is 146 Å². The topological polar surface area (TPSA) is 830 Å². The third kappa shape index (κ3) is 125. The molecule has 0 spiro atoms. The summed E-state index contributed by atoms with van der Waals surface area (Å²) in [5.74, 6) is -6.74. The molecule has 3 aromatic carbocycles. The van der Waals surface area contributed by atoms with Crippen LogP contribution in [0.1, 0.15) is 109 Å². The molecule has 18 N–H and O–H groups in total. The van der Waals surface area contributed by atoms with Crippen LogP contribution >= 0.6 is 100 Å². The number of para-hydroxylation sites is 2. The Bertz CT molecular complexity index is 3880. The molecule has 846 valence electrons. The van der Waals surface area contributed by atoms with Crippen LogP contribution in [0.4, 0.5) is 0 Å². The Hall–Kier alpha value is -10.3. The summed E-state index contributed by atoms with van der Waals surface area (Å²) in [4.78, 5) is 179. The Kier molecular flexibility index (Phi) is 93.2. The van der Waals surface area contributed by atoms with E-state index in [2.05, 4.69) is 4.74 Å². The largest absolute Gasteiger partial charge is 0.491 e. The minimum Gasteiger partial charge on any atom is -0.491 e. The highest BCUT2D eigenvalue weighted by molar-refractivity contribution is 8.77. The first-order valence-corrected chi connectivity index (χ1v) is 55.7. The van der Waals surface area contributed by atoms with Crippen LogP contribution in [0.25, 0.3) is 0 Å². The Morgan fingerprint density at radius 1 is 0.221 bits per heavy atom. The lowest BCUT2D eigenvalue weighted by Crippen LogP contribution is -2.13. The number of carbonyl (C=O) groups is 18. The third-order valence-corrected chi connectivity index (χ3v) is 25.4. The SMILES string of the molecule is O=C(O)CCCOCCCC(=O)O.O=C(O)CCCSCCC(=O)O.O=C(O)CCCSSCCCC(=O)O.O=C(O)CCOCCC(=O)O.O=C(O)CCSCCC(=O)O.O=C(O)CCSSCCC(=O)O.O=C(O)COCC(=O)O.O=C(O)CSCC(=O)O.O=C(O)CSSCC(=O)O.c1cc(OCC2CO2)cc(OCC2CO2)c1.c1cc(OCC2CO2)ccc1OCC1CO1.c1ccc(OCC2CO2)c(OCC2CO2)c1. The number of aliphatic carboxylic acids is 18. The second-order valence-corrected chi connectivity index (χ2v) is 40.4. The van der Waals surface area contributed by atoms with Gasteiger partial charge in [0.2, 0.25) is 0 Å². The van der Waals surface area contributed by atoms with Gasteiger partial charge in [0.1, 0.15) is 124 Å². The molecule has 0 radical (unpaired) electrons. The smallest absolute Gasteiger partial charge is 0.329 e. The van der Waals surface area contributed by atoms with Crippen molar-refractivity contribution >= 4 is 207 Å². The van der Waals surface area contributed by atoms with Crippen LogP contribution in [-0.2, 0) is 129 Å². The lowest BCUT2D eigenvalue weighted by molar-refractivity contribution is -0.149. The summed E-state index contributed by atoms with van der Waals surface area (Å²) in [6.45, 7) is 8.37. The van der Waals surface area contributed by atoms with Gasteiger partial charge in [-0.2, -0.15) is 23.5 Å². The van der Waals surface area contributed by atoms with E-state index in [-0.39, 0.29) is 138 Å². The number of hydrogen-bond acceptors (Lipinski definition) is 42. The van der Waals surface area contributed by atoms with Crippen LogP contribution in [0.2, 0.25) is 0 Å². The van der Waals surface area contributed by atoms with E-state index in [4.69, 9.17) is 158 Å². The predicted molar refractivity (Wildman–Crippen MR) is 546 cm³/mol. The second kappa shape index (κ2) is 97.2. The normalized spacial score (nSPS) is 14.9. The Balaban J connectivity index is -0.00000157. The molecule has 0 saturated carbocycles. The molecule has 0 amide bonds. The van der Waals surface area contributed by atoms with E-state index in [1.807, 2.05) is 72.8 Å². The van der Waals surface area contributed by atoms with E-state index in [0.29, 0.717) is 126 Å². The van der Waals surface area contributed by atoms with Crippen LogP contribution in [-0.4, -0.2) is 424 Å². The van der Waals surface area contributed by atoms with Gasteiger partial charge in [0.15, 0.2) is 11.5 Å². The van der Waals surface area contributed by atoms with Crippen LogP contribution in [0.3, 0.4) is 0 Å². The molecule has 149 heavy (non-hydrogen) atoms. The molecule has 0 bridgehead atoms. The molecule has 9 rings (SSSR count). The monoisotopic (exact) mass is 2300 g/mol. The van der Waals surface area contributed by atoms with E-state index in [1.54, 1.807) is 21.6 Å². The molecule has 51 nitrogen and oxygen atoms in total. The van der Waals surface area contributed by atoms with Crippen molar-refractivity contribution in [3.63, 3.8) is 0 Å². The Morgan fingerprint density at radius 2 is 0.470 bits per heavy atom. The minimum atomic E-state index is -1.17. The number of hydrogen-bond donors (Lipinski definition) is 18. The average molecular weight is 2300 g/mol. The molecule has 0 aromatic heterocycles. The Labute approximate surface area is 892 Å². The first-order chi connectivity index (χ1) is 70.8. The van der Waals surface area contributed by atoms with Crippen LogP contribution in [0.5, 0.6) is 34.5 Å². The van der Waals surface area contributed by atoms with Gasteiger partial charge in [0, 0.05) is 91.7 Å². The van der Waals surface area contributed by atoms with Crippen molar-refractivity contribution in [2.24, 2.45) is 0 Å². The lowest BCUT2D eigenvalue weighted by atomic mass is 10.3. The molecule has 6 fully saturated rings. The van der Waals surface area contributed by atoms with Gasteiger partial charge in [0.05, 0.1) is 109 Å². The highest BCUT2D eigenvalue weighted by Crippen LogP contribution is 2.30. The molecule has 60 heteroatoms. The summed E-state index contributed by atoms with van der Waals surface area (Å²) in [5.41, 5.74) is 0. The molecule has 6 saturated heterocycles. The van der Waals surface area contributed by atoms with Gasteiger partial charge in [-0.3, -0.25) is 76.7 Å². The first-order valence-electron chi connectivity index (χ1n) is 44.7. The van der Waals surface area contributed by atoms with E-state index < -0.39 is 121 Å².